The molecule has 0 bridgehead atoms. The highest BCUT2D eigenvalue weighted by Crippen LogP contribution is 2.28. The first kappa shape index (κ1) is 24.9. The number of hydrogen-bond acceptors (Lipinski definition) is 5. The molecule has 1 N–H and O–H groups in total. The second-order valence-electron chi connectivity index (χ2n) is 8.45. The number of nitrogens with zero attached hydrogens (tertiary/aromatic N) is 3. The first-order valence-corrected chi connectivity index (χ1v) is 13.1. The number of imidazole rings is 1. The van der Waals surface area contributed by atoms with E-state index >= 15 is 0 Å². The van der Waals surface area contributed by atoms with Crippen molar-refractivity contribution in [2.75, 3.05) is 7.11 Å². The third-order valence-corrected chi connectivity index (χ3v) is 7.28. The maximum atomic E-state index is 12.7. The fourth-order valence-electron chi connectivity index (χ4n) is 4.01. The van der Waals surface area contributed by atoms with Gasteiger partial charge in [-0.2, -0.15) is 0 Å². The van der Waals surface area contributed by atoms with Crippen molar-refractivity contribution in [3.63, 3.8) is 0 Å². The smallest absolute Gasteiger partial charge is 0.251 e. The van der Waals surface area contributed by atoms with Gasteiger partial charge in [-0.3, -0.25) is 9.78 Å². The number of nitrogens with one attached hydrogen (secondary N) is 1. The van der Waals surface area contributed by atoms with E-state index in [-0.39, 0.29) is 5.91 Å². The highest BCUT2D eigenvalue weighted by atomic mass is 35.5. The van der Waals surface area contributed by atoms with Gasteiger partial charge in [-0.25, -0.2) is 4.98 Å². The molecule has 37 heavy (non-hydrogen) atoms. The molecule has 5 rings (SSSR count). The van der Waals surface area contributed by atoms with Crippen LogP contribution in [0.5, 0.6) is 5.75 Å². The Kier molecular flexibility index (Phi) is 7.73. The van der Waals surface area contributed by atoms with Crippen LogP contribution in [0.15, 0.2) is 96.4 Å². The number of amides is 1. The minimum absolute atomic E-state index is 0.131. The molecule has 0 saturated carbocycles. The highest BCUT2D eigenvalue weighted by molar-refractivity contribution is 7.98. The monoisotopic (exact) mass is 528 g/mol. The molecule has 2 aromatic heterocycles. The summed E-state index contributed by atoms with van der Waals surface area (Å²) in [7, 11) is 1.63. The number of benzene rings is 3. The molecule has 0 unspecified atom stereocenters. The van der Waals surface area contributed by atoms with E-state index in [2.05, 4.69) is 14.9 Å². The van der Waals surface area contributed by atoms with Crippen LogP contribution in [0.2, 0.25) is 5.02 Å². The van der Waals surface area contributed by atoms with Gasteiger partial charge in [0.15, 0.2) is 5.16 Å². The normalized spacial score (nSPS) is 11.0. The number of ether oxygens (including phenoxy) is 1. The SMILES string of the molecule is COc1ccccc1CNC(=O)c1ccc(Cn2c(SCc3ccc(Cl)cc3)nc3ccncc32)cc1. The van der Waals surface area contributed by atoms with Gasteiger partial charge in [-0.15, -0.1) is 0 Å². The molecule has 0 saturated heterocycles. The van der Waals surface area contributed by atoms with Crippen molar-refractivity contribution in [3.8, 4) is 5.75 Å². The number of para-hydroxylation sites is 1. The second-order valence-corrected chi connectivity index (χ2v) is 9.83. The van der Waals surface area contributed by atoms with Gasteiger partial charge < -0.3 is 14.6 Å². The average molecular weight is 529 g/mol. The summed E-state index contributed by atoms with van der Waals surface area (Å²) in [6, 6.07) is 25.1. The van der Waals surface area contributed by atoms with E-state index in [4.69, 9.17) is 21.3 Å². The first-order valence-electron chi connectivity index (χ1n) is 11.8. The molecule has 2 heterocycles. The van der Waals surface area contributed by atoms with Gasteiger partial charge in [0.2, 0.25) is 0 Å². The lowest BCUT2D eigenvalue weighted by Crippen LogP contribution is -2.23. The zero-order chi connectivity index (χ0) is 25.6. The Labute approximate surface area is 224 Å². The van der Waals surface area contributed by atoms with Crippen LogP contribution in [0.3, 0.4) is 0 Å². The minimum Gasteiger partial charge on any atom is -0.496 e. The summed E-state index contributed by atoms with van der Waals surface area (Å²) in [5.41, 5.74) is 5.65. The summed E-state index contributed by atoms with van der Waals surface area (Å²) < 4.78 is 7.53. The molecule has 0 aliphatic rings. The summed E-state index contributed by atoms with van der Waals surface area (Å²) in [5, 5.41) is 4.61. The van der Waals surface area contributed by atoms with Crippen molar-refractivity contribution in [3.05, 3.63) is 119 Å². The van der Waals surface area contributed by atoms with E-state index in [1.54, 1.807) is 25.1 Å². The van der Waals surface area contributed by atoms with Crippen LogP contribution in [0.25, 0.3) is 11.0 Å². The van der Waals surface area contributed by atoms with Gasteiger partial charge in [-0.05, 0) is 47.5 Å². The number of carbonyl (C=O) groups is 1. The average Bonchev–Trinajstić information content (AvgIpc) is 3.29. The first-order chi connectivity index (χ1) is 18.1. The lowest BCUT2D eigenvalue weighted by Gasteiger charge is -2.11. The van der Waals surface area contributed by atoms with Crippen molar-refractivity contribution in [1.82, 2.24) is 19.9 Å². The number of methoxy groups -OCH3 is 1. The molecule has 0 fully saturated rings. The Morgan fingerprint density at radius 1 is 1.00 bits per heavy atom. The molecule has 0 aliphatic carbocycles. The Hall–Kier alpha value is -3.81. The van der Waals surface area contributed by atoms with Crippen LogP contribution >= 0.6 is 23.4 Å². The van der Waals surface area contributed by atoms with Crippen LogP contribution in [0, 0.1) is 0 Å². The molecule has 0 atom stereocenters. The Balaban J connectivity index is 1.29. The lowest BCUT2D eigenvalue weighted by molar-refractivity contribution is 0.0950. The van der Waals surface area contributed by atoms with Crippen LogP contribution in [0.1, 0.15) is 27.0 Å². The molecular weight excluding hydrogens is 504 g/mol. The molecule has 186 valence electrons. The van der Waals surface area contributed by atoms with Crippen molar-refractivity contribution in [1.29, 1.82) is 0 Å². The summed E-state index contributed by atoms with van der Waals surface area (Å²) in [6.45, 7) is 1.01. The quantitative estimate of drug-likeness (QED) is 0.225. The zero-order valence-corrected chi connectivity index (χ0v) is 21.8. The van der Waals surface area contributed by atoms with Gasteiger partial charge in [-0.1, -0.05) is 65.8 Å². The number of rotatable bonds is 9. The van der Waals surface area contributed by atoms with E-state index in [0.717, 1.165) is 43.8 Å². The maximum Gasteiger partial charge on any atom is 0.251 e. The third-order valence-electron chi connectivity index (χ3n) is 5.99. The summed E-state index contributed by atoms with van der Waals surface area (Å²) in [4.78, 5) is 21.9. The van der Waals surface area contributed by atoms with Gasteiger partial charge >= 0.3 is 0 Å². The highest BCUT2D eigenvalue weighted by Gasteiger charge is 2.13. The third kappa shape index (κ3) is 5.96. The van der Waals surface area contributed by atoms with Crippen molar-refractivity contribution in [2.45, 2.75) is 24.0 Å². The Morgan fingerprint density at radius 2 is 1.76 bits per heavy atom. The second kappa shape index (κ2) is 11.5. The predicted octanol–water partition coefficient (Wildman–Crippen LogP) is 6.36. The van der Waals surface area contributed by atoms with Crippen molar-refractivity contribution >= 4 is 40.3 Å². The number of hydrogen-bond donors (Lipinski definition) is 1. The Morgan fingerprint density at radius 3 is 2.54 bits per heavy atom. The molecule has 8 heteroatoms. The van der Waals surface area contributed by atoms with Crippen LogP contribution < -0.4 is 10.1 Å². The van der Waals surface area contributed by atoms with Crippen LogP contribution in [-0.4, -0.2) is 27.6 Å². The fourth-order valence-corrected chi connectivity index (χ4v) is 5.11. The number of carbonyl (C=O) groups excluding carboxylic acids is 1. The van der Waals surface area contributed by atoms with Gasteiger partial charge in [0, 0.05) is 34.6 Å². The molecule has 5 aromatic rings. The van der Waals surface area contributed by atoms with Gasteiger partial charge in [0.1, 0.15) is 5.75 Å². The zero-order valence-electron chi connectivity index (χ0n) is 20.2. The van der Waals surface area contributed by atoms with E-state index in [9.17, 15) is 4.79 Å². The van der Waals surface area contributed by atoms with E-state index in [1.165, 1.54) is 5.56 Å². The largest absolute Gasteiger partial charge is 0.496 e. The standard InChI is InChI=1S/C29H25ClN4O2S/c1-36-27-5-3-2-4-23(27)16-32-28(35)22-10-6-20(7-11-22)18-34-26-17-31-15-14-25(26)33-29(34)37-19-21-8-12-24(30)13-9-21/h2-15,17H,16,18-19H2,1H3,(H,32,35). The number of aromatic nitrogens is 3. The summed E-state index contributed by atoms with van der Waals surface area (Å²) >= 11 is 7.70. The number of halogens is 1. The van der Waals surface area contributed by atoms with Crippen LogP contribution in [-0.2, 0) is 18.8 Å². The number of fused-ring (bicyclic) bond motifs is 1. The molecule has 1 amide bonds. The van der Waals surface area contributed by atoms with E-state index < -0.39 is 0 Å². The predicted molar refractivity (Wildman–Crippen MR) is 148 cm³/mol. The minimum atomic E-state index is -0.131. The maximum absolute atomic E-state index is 12.7. The molecule has 3 aromatic carbocycles. The number of pyridine rings is 1. The number of thioether (sulfide) groups is 1. The molecule has 0 aliphatic heterocycles. The lowest BCUT2D eigenvalue weighted by atomic mass is 10.1. The van der Waals surface area contributed by atoms with Gasteiger partial charge in [0.05, 0.1) is 30.9 Å². The van der Waals surface area contributed by atoms with E-state index in [0.29, 0.717) is 18.7 Å². The molecule has 0 radical (unpaired) electrons. The van der Waals surface area contributed by atoms with E-state index in [1.807, 2.05) is 85.1 Å². The van der Waals surface area contributed by atoms with Crippen LogP contribution in [0.4, 0.5) is 0 Å². The summed E-state index contributed by atoms with van der Waals surface area (Å²) in [5.74, 6) is 1.40. The van der Waals surface area contributed by atoms with Gasteiger partial charge in [0.25, 0.3) is 5.91 Å². The fraction of sp³-hybridized carbons (Fsp3) is 0.138. The molecule has 0 spiro atoms. The summed E-state index contributed by atoms with van der Waals surface area (Å²) in [6.07, 6.45) is 3.60. The molecule has 6 nitrogen and oxygen atoms in total. The van der Waals surface area contributed by atoms with Crippen molar-refractivity contribution < 1.29 is 9.53 Å². The topological polar surface area (TPSA) is 69.0 Å². The Bertz CT molecular complexity index is 1520. The van der Waals surface area contributed by atoms with Crippen molar-refractivity contribution in [2.24, 2.45) is 0 Å². The molecular formula is C29H25ClN4O2S.